The first-order valence-corrected chi connectivity index (χ1v) is 8.16. The van der Waals surface area contributed by atoms with Crippen LogP contribution in [0.1, 0.15) is 52.5 Å². The molecule has 0 bridgehead atoms. The highest BCUT2D eigenvalue weighted by atomic mass is 16.5. The second-order valence-electron chi connectivity index (χ2n) is 8.16. The summed E-state index contributed by atoms with van der Waals surface area (Å²) in [7, 11) is 1.71. The minimum Gasteiger partial charge on any atom is -0.497 e. The van der Waals surface area contributed by atoms with Crippen LogP contribution in [0.4, 0.5) is 0 Å². The Morgan fingerprint density at radius 2 is 1.62 bits per heavy atom. The SMILES string of the molecule is COc1ccc(CCNC2CC(C)(C)CC(C)(C)C2)cc1. The van der Waals surface area contributed by atoms with Gasteiger partial charge in [-0.3, -0.25) is 0 Å². The Hall–Kier alpha value is -1.02. The summed E-state index contributed by atoms with van der Waals surface area (Å²) in [5, 5.41) is 3.78. The van der Waals surface area contributed by atoms with Crippen molar-refractivity contribution in [1.82, 2.24) is 5.32 Å². The van der Waals surface area contributed by atoms with Crippen LogP contribution in [-0.4, -0.2) is 19.7 Å². The third-order valence-electron chi connectivity index (χ3n) is 4.56. The van der Waals surface area contributed by atoms with E-state index in [-0.39, 0.29) is 0 Å². The number of hydrogen-bond donors (Lipinski definition) is 1. The third-order valence-corrected chi connectivity index (χ3v) is 4.56. The summed E-state index contributed by atoms with van der Waals surface area (Å²) in [6.07, 6.45) is 5.00. The quantitative estimate of drug-likeness (QED) is 0.865. The van der Waals surface area contributed by atoms with E-state index in [2.05, 4.69) is 45.1 Å². The predicted octanol–water partition coefficient (Wildman–Crippen LogP) is 4.43. The van der Waals surface area contributed by atoms with Gasteiger partial charge in [-0.15, -0.1) is 0 Å². The number of ether oxygens (including phenoxy) is 1. The molecule has 0 heterocycles. The minimum atomic E-state index is 0.458. The Labute approximate surface area is 130 Å². The molecule has 1 aliphatic rings. The van der Waals surface area contributed by atoms with E-state index in [9.17, 15) is 0 Å². The zero-order valence-electron chi connectivity index (χ0n) is 14.3. The Bertz CT molecular complexity index is 431. The van der Waals surface area contributed by atoms with Crippen LogP contribution in [0.2, 0.25) is 0 Å². The zero-order valence-corrected chi connectivity index (χ0v) is 14.3. The highest BCUT2D eigenvalue weighted by Crippen LogP contribution is 2.45. The Kier molecular flexibility index (Phi) is 4.98. The summed E-state index contributed by atoms with van der Waals surface area (Å²) < 4.78 is 5.20. The lowest BCUT2D eigenvalue weighted by Gasteiger charge is -2.45. The highest BCUT2D eigenvalue weighted by molar-refractivity contribution is 5.27. The summed E-state index contributed by atoms with van der Waals surface area (Å²) in [5.74, 6) is 0.933. The maximum absolute atomic E-state index is 5.20. The number of hydrogen-bond acceptors (Lipinski definition) is 2. The van der Waals surface area contributed by atoms with Crippen molar-refractivity contribution in [3.8, 4) is 5.75 Å². The van der Waals surface area contributed by atoms with Gasteiger partial charge in [0.1, 0.15) is 5.75 Å². The summed E-state index contributed by atoms with van der Waals surface area (Å²) >= 11 is 0. The maximum Gasteiger partial charge on any atom is 0.118 e. The Balaban J connectivity index is 1.82. The average Bonchev–Trinajstić information content (AvgIpc) is 2.36. The fourth-order valence-electron chi connectivity index (χ4n) is 4.20. The molecule has 1 N–H and O–H groups in total. The molecule has 0 spiro atoms. The predicted molar refractivity (Wildman–Crippen MR) is 89.9 cm³/mol. The molecule has 118 valence electrons. The van der Waals surface area contributed by atoms with Gasteiger partial charge in [-0.1, -0.05) is 39.8 Å². The van der Waals surface area contributed by atoms with Crippen LogP contribution < -0.4 is 10.1 Å². The van der Waals surface area contributed by atoms with Crippen molar-refractivity contribution in [3.05, 3.63) is 29.8 Å². The van der Waals surface area contributed by atoms with E-state index < -0.39 is 0 Å². The molecule has 1 aromatic rings. The van der Waals surface area contributed by atoms with Crippen molar-refractivity contribution in [2.75, 3.05) is 13.7 Å². The first-order valence-electron chi connectivity index (χ1n) is 8.16. The van der Waals surface area contributed by atoms with E-state index in [0.29, 0.717) is 16.9 Å². The van der Waals surface area contributed by atoms with Gasteiger partial charge >= 0.3 is 0 Å². The van der Waals surface area contributed by atoms with Gasteiger partial charge in [0.2, 0.25) is 0 Å². The van der Waals surface area contributed by atoms with Crippen LogP contribution in [0.3, 0.4) is 0 Å². The molecule has 1 aliphatic carbocycles. The normalized spacial score (nSPS) is 21.2. The topological polar surface area (TPSA) is 21.3 Å². The first kappa shape index (κ1) is 16.4. The third kappa shape index (κ3) is 5.03. The number of nitrogens with one attached hydrogen (secondary N) is 1. The number of rotatable bonds is 5. The Morgan fingerprint density at radius 3 is 2.14 bits per heavy atom. The van der Waals surface area contributed by atoms with E-state index in [4.69, 9.17) is 4.74 Å². The molecule has 0 aliphatic heterocycles. The molecule has 0 amide bonds. The second-order valence-corrected chi connectivity index (χ2v) is 8.16. The van der Waals surface area contributed by atoms with Gasteiger partial charge in [-0.25, -0.2) is 0 Å². The van der Waals surface area contributed by atoms with Crippen molar-refractivity contribution in [1.29, 1.82) is 0 Å². The molecule has 1 aromatic carbocycles. The van der Waals surface area contributed by atoms with Gasteiger partial charge < -0.3 is 10.1 Å². The van der Waals surface area contributed by atoms with E-state index in [1.165, 1.54) is 24.8 Å². The molecule has 0 unspecified atom stereocenters. The molecule has 0 aromatic heterocycles. The lowest BCUT2D eigenvalue weighted by atomic mass is 9.63. The summed E-state index contributed by atoms with van der Waals surface area (Å²) in [6, 6.07) is 9.07. The van der Waals surface area contributed by atoms with Crippen molar-refractivity contribution in [3.63, 3.8) is 0 Å². The monoisotopic (exact) mass is 289 g/mol. The van der Waals surface area contributed by atoms with E-state index >= 15 is 0 Å². The first-order chi connectivity index (χ1) is 9.80. The van der Waals surface area contributed by atoms with Gasteiger partial charge in [0, 0.05) is 6.04 Å². The van der Waals surface area contributed by atoms with Crippen molar-refractivity contribution < 1.29 is 4.74 Å². The molecule has 2 nitrogen and oxygen atoms in total. The van der Waals surface area contributed by atoms with Gasteiger partial charge in [0.15, 0.2) is 0 Å². The Morgan fingerprint density at radius 1 is 1.05 bits per heavy atom. The molecule has 0 radical (unpaired) electrons. The molecule has 0 saturated heterocycles. The fourth-order valence-corrected chi connectivity index (χ4v) is 4.20. The smallest absolute Gasteiger partial charge is 0.118 e. The summed E-state index contributed by atoms with van der Waals surface area (Å²) in [6.45, 7) is 10.7. The lowest BCUT2D eigenvalue weighted by molar-refractivity contribution is 0.0854. The molecule has 1 saturated carbocycles. The number of methoxy groups -OCH3 is 1. The van der Waals surface area contributed by atoms with E-state index in [0.717, 1.165) is 18.7 Å². The molecule has 0 atom stereocenters. The van der Waals surface area contributed by atoms with Crippen LogP contribution in [0.25, 0.3) is 0 Å². The van der Waals surface area contributed by atoms with Crippen LogP contribution in [0.15, 0.2) is 24.3 Å². The number of benzene rings is 1. The molecular formula is C19H31NO. The second kappa shape index (κ2) is 6.39. The average molecular weight is 289 g/mol. The summed E-state index contributed by atoms with van der Waals surface area (Å²) in [4.78, 5) is 0. The molecule has 2 rings (SSSR count). The standard InChI is InChI=1S/C19H31NO/c1-18(2)12-16(13-19(3,4)14-18)20-11-10-15-6-8-17(21-5)9-7-15/h6-9,16,20H,10-14H2,1-5H3. The van der Waals surface area contributed by atoms with Crippen molar-refractivity contribution >= 4 is 0 Å². The molecular weight excluding hydrogens is 258 g/mol. The van der Waals surface area contributed by atoms with Crippen LogP contribution in [-0.2, 0) is 6.42 Å². The molecule has 2 heteroatoms. The van der Waals surface area contributed by atoms with Crippen LogP contribution in [0, 0.1) is 10.8 Å². The largest absolute Gasteiger partial charge is 0.497 e. The fraction of sp³-hybridized carbons (Fsp3) is 0.684. The minimum absolute atomic E-state index is 0.458. The van der Waals surface area contributed by atoms with Crippen LogP contribution >= 0.6 is 0 Å². The maximum atomic E-state index is 5.20. The van der Waals surface area contributed by atoms with E-state index in [1.54, 1.807) is 7.11 Å². The van der Waals surface area contributed by atoms with Gasteiger partial charge in [-0.2, -0.15) is 0 Å². The van der Waals surface area contributed by atoms with Crippen molar-refractivity contribution in [2.45, 2.75) is 59.4 Å². The molecule has 1 fully saturated rings. The van der Waals surface area contributed by atoms with Crippen molar-refractivity contribution in [2.24, 2.45) is 10.8 Å². The summed E-state index contributed by atoms with van der Waals surface area (Å²) in [5.41, 5.74) is 2.29. The van der Waals surface area contributed by atoms with Gasteiger partial charge in [0.25, 0.3) is 0 Å². The van der Waals surface area contributed by atoms with Gasteiger partial charge in [-0.05, 0) is 60.8 Å². The van der Waals surface area contributed by atoms with E-state index in [1.807, 2.05) is 12.1 Å². The molecule has 21 heavy (non-hydrogen) atoms. The lowest BCUT2D eigenvalue weighted by Crippen LogP contribution is -2.44. The van der Waals surface area contributed by atoms with Crippen LogP contribution in [0.5, 0.6) is 5.75 Å². The highest BCUT2D eigenvalue weighted by Gasteiger charge is 2.37. The van der Waals surface area contributed by atoms with Gasteiger partial charge in [0.05, 0.1) is 7.11 Å². The zero-order chi connectivity index (χ0) is 15.5.